The monoisotopic (exact) mass is 458 g/mol. The molecule has 3 aliphatic heterocycles. The van der Waals surface area contributed by atoms with E-state index < -0.39 is 0 Å². The maximum absolute atomic E-state index is 12.8. The molecule has 6 nitrogen and oxygen atoms in total. The molecule has 1 saturated heterocycles. The first-order valence-corrected chi connectivity index (χ1v) is 12.6. The molecule has 3 aliphatic rings. The Morgan fingerprint density at radius 2 is 1.85 bits per heavy atom. The fraction of sp³-hybridized carbons (Fsp3) is 0.429. The number of fused-ring (bicyclic) bond motifs is 3. The quantitative estimate of drug-likeness (QED) is 0.485. The van der Waals surface area contributed by atoms with Crippen molar-refractivity contribution in [3.8, 4) is 0 Å². The van der Waals surface area contributed by atoms with E-state index in [4.69, 9.17) is 0 Å². The predicted molar refractivity (Wildman–Crippen MR) is 138 cm³/mol. The Balaban J connectivity index is 1.08. The largest absolute Gasteiger partial charge is 0.369 e. The fourth-order valence-electron chi connectivity index (χ4n) is 5.24. The minimum absolute atomic E-state index is 0.0701. The van der Waals surface area contributed by atoms with Crippen LogP contribution in [0.2, 0.25) is 0 Å². The molecular weight excluding hydrogens is 424 g/mol. The van der Waals surface area contributed by atoms with Crippen molar-refractivity contribution in [2.45, 2.75) is 39.0 Å². The highest BCUT2D eigenvalue weighted by molar-refractivity contribution is 6.12. The summed E-state index contributed by atoms with van der Waals surface area (Å²) in [4.78, 5) is 32.3. The minimum atomic E-state index is -0.0701. The van der Waals surface area contributed by atoms with Gasteiger partial charge in [0.15, 0.2) is 5.78 Å². The SMILES string of the molecule is Cc1cccc(N2CCN(CCCCC(=O)c3ccc4c(c3)NC(=O)C3=CCCCN34)CC2)c1. The molecule has 0 bridgehead atoms. The van der Waals surface area contributed by atoms with Crippen molar-refractivity contribution >= 4 is 28.8 Å². The summed E-state index contributed by atoms with van der Waals surface area (Å²) >= 11 is 0. The van der Waals surface area contributed by atoms with Crippen LogP contribution in [0, 0.1) is 6.92 Å². The third-order valence-electron chi connectivity index (χ3n) is 7.17. The zero-order valence-corrected chi connectivity index (χ0v) is 20.1. The Morgan fingerprint density at radius 1 is 1.00 bits per heavy atom. The van der Waals surface area contributed by atoms with Gasteiger partial charge >= 0.3 is 0 Å². The number of benzene rings is 2. The molecule has 0 spiro atoms. The maximum atomic E-state index is 12.8. The van der Waals surface area contributed by atoms with E-state index in [0.717, 1.165) is 82.0 Å². The number of nitrogens with one attached hydrogen (secondary N) is 1. The van der Waals surface area contributed by atoms with Gasteiger partial charge in [-0.2, -0.15) is 0 Å². The van der Waals surface area contributed by atoms with Gasteiger partial charge in [0.2, 0.25) is 0 Å². The van der Waals surface area contributed by atoms with E-state index in [1.54, 1.807) is 0 Å². The van der Waals surface area contributed by atoms with Crippen LogP contribution in [0.15, 0.2) is 54.2 Å². The number of hydrogen-bond acceptors (Lipinski definition) is 5. The summed E-state index contributed by atoms with van der Waals surface area (Å²) in [5.41, 5.74) is 5.79. The molecule has 2 aromatic carbocycles. The van der Waals surface area contributed by atoms with Crippen LogP contribution in [-0.4, -0.2) is 55.9 Å². The number of piperazine rings is 1. The molecule has 0 aromatic heterocycles. The average Bonchev–Trinajstić information content (AvgIpc) is 2.87. The highest BCUT2D eigenvalue weighted by atomic mass is 16.2. The number of amides is 1. The lowest BCUT2D eigenvalue weighted by Gasteiger charge is -2.36. The van der Waals surface area contributed by atoms with Crippen molar-refractivity contribution in [1.82, 2.24) is 4.90 Å². The van der Waals surface area contributed by atoms with Gasteiger partial charge in [-0.05, 0) is 75.0 Å². The predicted octanol–water partition coefficient (Wildman–Crippen LogP) is 4.61. The van der Waals surface area contributed by atoms with Crippen molar-refractivity contribution < 1.29 is 9.59 Å². The topological polar surface area (TPSA) is 55.9 Å². The number of carbonyl (C=O) groups excluding carboxylic acids is 2. The van der Waals surface area contributed by atoms with Crippen molar-refractivity contribution in [3.63, 3.8) is 0 Å². The summed E-state index contributed by atoms with van der Waals surface area (Å²) in [6, 6.07) is 14.5. The van der Waals surface area contributed by atoms with Crippen molar-refractivity contribution in [2.24, 2.45) is 0 Å². The van der Waals surface area contributed by atoms with E-state index in [-0.39, 0.29) is 11.7 Å². The second-order valence-electron chi connectivity index (χ2n) is 9.62. The second-order valence-corrected chi connectivity index (χ2v) is 9.62. The Kier molecular flexibility index (Phi) is 6.68. The standard InChI is InChI=1S/C28H34N4O2/c1-21-7-6-8-23(19-21)31-17-15-30(16-18-31)13-4-3-10-27(33)22-11-12-25-24(20-22)29-28(34)26-9-2-5-14-32(25)26/h6-9,11-12,19-20H,2-5,10,13-18H2,1H3,(H,29,34). The molecule has 0 radical (unpaired) electrons. The summed E-state index contributed by atoms with van der Waals surface area (Å²) < 4.78 is 0. The highest BCUT2D eigenvalue weighted by Gasteiger charge is 2.29. The lowest BCUT2D eigenvalue weighted by Crippen LogP contribution is -2.46. The van der Waals surface area contributed by atoms with Gasteiger partial charge in [-0.15, -0.1) is 0 Å². The maximum Gasteiger partial charge on any atom is 0.272 e. The zero-order valence-electron chi connectivity index (χ0n) is 20.1. The number of anilines is 3. The number of carbonyl (C=O) groups is 2. The van der Waals surface area contributed by atoms with E-state index in [1.165, 1.54) is 11.3 Å². The molecule has 5 rings (SSSR count). The van der Waals surface area contributed by atoms with Gasteiger partial charge in [-0.1, -0.05) is 18.2 Å². The Morgan fingerprint density at radius 3 is 2.68 bits per heavy atom. The molecule has 1 N–H and O–H groups in total. The lowest BCUT2D eigenvalue weighted by atomic mass is 10.0. The normalized spacial score (nSPS) is 18.1. The number of Topliss-reactive ketones (excluding diaryl/α,β-unsaturated/α-hetero) is 1. The Bertz CT molecular complexity index is 1100. The van der Waals surface area contributed by atoms with Crippen LogP contribution >= 0.6 is 0 Å². The molecular formula is C28H34N4O2. The summed E-state index contributed by atoms with van der Waals surface area (Å²) in [7, 11) is 0. The van der Waals surface area contributed by atoms with Crippen LogP contribution in [0.3, 0.4) is 0 Å². The molecule has 6 heteroatoms. The first-order chi connectivity index (χ1) is 16.6. The van der Waals surface area contributed by atoms with Crippen LogP contribution in [0.5, 0.6) is 0 Å². The summed E-state index contributed by atoms with van der Waals surface area (Å²) in [5.74, 6) is 0.0839. The molecule has 2 aromatic rings. The number of nitrogens with zero attached hydrogens (tertiary/aromatic N) is 3. The van der Waals surface area contributed by atoms with E-state index in [9.17, 15) is 9.59 Å². The van der Waals surface area contributed by atoms with E-state index in [0.29, 0.717) is 12.0 Å². The number of unbranched alkanes of at least 4 members (excludes halogenated alkanes) is 1. The van der Waals surface area contributed by atoms with Gasteiger partial charge in [-0.25, -0.2) is 0 Å². The van der Waals surface area contributed by atoms with E-state index >= 15 is 0 Å². The minimum Gasteiger partial charge on any atom is -0.369 e. The van der Waals surface area contributed by atoms with Crippen molar-refractivity contribution in [1.29, 1.82) is 0 Å². The van der Waals surface area contributed by atoms with Gasteiger partial charge in [0, 0.05) is 50.4 Å². The summed E-state index contributed by atoms with van der Waals surface area (Å²) in [6.45, 7) is 8.27. The van der Waals surface area contributed by atoms with Crippen LogP contribution in [-0.2, 0) is 4.79 Å². The third kappa shape index (κ3) is 4.87. The molecule has 1 amide bonds. The second kappa shape index (κ2) is 10.0. The van der Waals surface area contributed by atoms with Crippen molar-refractivity contribution in [2.75, 3.05) is 54.4 Å². The van der Waals surface area contributed by atoms with Crippen LogP contribution in [0.1, 0.15) is 48.0 Å². The van der Waals surface area contributed by atoms with E-state index in [1.807, 2.05) is 24.3 Å². The highest BCUT2D eigenvalue weighted by Crippen LogP contribution is 2.36. The average molecular weight is 459 g/mol. The zero-order chi connectivity index (χ0) is 23.5. The summed E-state index contributed by atoms with van der Waals surface area (Å²) in [5, 5.41) is 2.97. The van der Waals surface area contributed by atoms with Crippen LogP contribution < -0.4 is 15.1 Å². The first-order valence-electron chi connectivity index (χ1n) is 12.6. The number of ketones is 1. The Labute approximate surface area is 202 Å². The molecule has 0 saturated carbocycles. The fourth-order valence-corrected chi connectivity index (χ4v) is 5.24. The lowest BCUT2D eigenvalue weighted by molar-refractivity contribution is -0.113. The van der Waals surface area contributed by atoms with Gasteiger partial charge in [0.1, 0.15) is 5.70 Å². The molecule has 178 valence electrons. The van der Waals surface area contributed by atoms with Crippen LogP contribution in [0.25, 0.3) is 0 Å². The third-order valence-corrected chi connectivity index (χ3v) is 7.17. The molecule has 0 unspecified atom stereocenters. The van der Waals surface area contributed by atoms with Gasteiger partial charge in [0.25, 0.3) is 5.91 Å². The smallest absolute Gasteiger partial charge is 0.272 e. The first kappa shape index (κ1) is 22.7. The molecule has 0 atom stereocenters. The number of aryl methyl sites for hydroxylation is 1. The summed E-state index contributed by atoms with van der Waals surface area (Å²) in [6.07, 6.45) is 6.44. The molecule has 1 fully saturated rings. The molecule has 0 aliphatic carbocycles. The van der Waals surface area contributed by atoms with E-state index in [2.05, 4.69) is 51.2 Å². The number of rotatable bonds is 7. The molecule has 34 heavy (non-hydrogen) atoms. The Hall–Kier alpha value is -3.12. The molecule has 3 heterocycles. The van der Waals surface area contributed by atoms with Crippen molar-refractivity contribution in [3.05, 3.63) is 65.4 Å². The van der Waals surface area contributed by atoms with Gasteiger partial charge in [-0.3, -0.25) is 14.5 Å². The number of hydrogen-bond donors (Lipinski definition) is 1. The van der Waals surface area contributed by atoms with Gasteiger partial charge < -0.3 is 15.1 Å². The van der Waals surface area contributed by atoms with Gasteiger partial charge in [0.05, 0.1) is 11.4 Å². The van der Waals surface area contributed by atoms with Crippen LogP contribution in [0.4, 0.5) is 17.1 Å². The number of allylic oxidation sites excluding steroid dienone is 1.